The topological polar surface area (TPSA) is 63.0 Å². The van der Waals surface area contributed by atoms with Crippen molar-refractivity contribution in [3.05, 3.63) is 24.2 Å². The lowest BCUT2D eigenvalue weighted by Crippen LogP contribution is -2.53. The maximum Gasteiger partial charge on any atom is 0.257 e. The number of rotatable bonds is 3. The zero-order valence-corrected chi connectivity index (χ0v) is 16.0. The summed E-state index contributed by atoms with van der Waals surface area (Å²) in [4.78, 5) is 29.1. The molecule has 0 atom stereocenters. The van der Waals surface area contributed by atoms with E-state index in [0.29, 0.717) is 44.1 Å². The fourth-order valence-corrected chi connectivity index (χ4v) is 4.83. The van der Waals surface area contributed by atoms with Gasteiger partial charge in [-0.1, -0.05) is 19.3 Å². The number of nitrogens with zero attached hydrogens (tertiary/aromatic N) is 2. The molecular weight excluding hydrogens is 344 g/mol. The summed E-state index contributed by atoms with van der Waals surface area (Å²) in [5.74, 6) is 0.886. The number of carbonyl (C=O) groups excluding carboxylic acids is 2. The normalized spacial score (nSPS) is 24.2. The van der Waals surface area contributed by atoms with E-state index in [1.54, 1.807) is 6.07 Å². The summed E-state index contributed by atoms with van der Waals surface area (Å²) in [6.07, 6.45) is 11.5. The van der Waals surface area contributed by atoms with Crippen molar-refractivity contribution >= 4 is 11.8 Å². The lowest BCUT2D eigenvalue weighted by atomic mass is 9.87. The minimum atomic E-state index is -0.298. The molecule has 1 spiro atoms. The van der Waals surface area contributed by atoms with Crippen LogP contribution in [0.4, 0.5) is 0 Å². The van der Waals surface area contributed by atoms with Crippen molar-refractivity contribution < 1.29 is 18.7 Å². The van der Waals surface area contributed by atoms with Crippen LogP contribution in [0.1, 0.15) is 61.7 Å². The van der Waals surface area contributed by atoms with Crippen LogP contribution in [0.5, 0.6) is 0 Å². The van der Waals surface area contributed by atoms with Crippen LogP contribution in [0.15, 0.2) is 23.0 Å². The summed E-state index contributed by atoms with van der Waals surface area (Å²) in [7, 11) is 0. The lowest BCUT2D eigenvalue weighted by Gasteiger charge is -2.43. The van der Waals surface area contributed by atoms with Crippen LogP contribution in [0.2, 0.25) is 0 Å². The van der Waals surface area contributed by atoms with Crippen LogP contribution < -0.4 is 0 Å². The molecule has 1 aromatic rings. The van der Waals surface area contributed by atoms with Gasteiger partial charge < -0.3 is 19.0 Å². The van der Waals surface area contributed by atoms with Gasteiger partial charge >= 0.3 is 0 Å². The van der Waals surface area contributed by atoms with E-state index in [1.807, 2.05) is 4.90 Å². The van der Waals surface area contributed by atoms with Crippen molar-refractivity contribution in [2.75, 3.05) is 32.8 Å². The predicted octanol–water partition coefficient (Wildman–Crippen LogP) is 3.08. The number of carbonyl (C=O) groups is 2. The molecule has 1 aromatic heterocycles. The third kappa shape index (κ3) is 4.21. The van der Waals surface area contributed by atoms with Crippen LogP contribution in [-0.2, 0) is 9.53 Å². The van der Waals surface area contributed by atoms with Crippen LogP contribution in [-0.4, -0.2) is 60.0 Å². The van der Waals surface area contributed by atoms with Gasteiger partial charge in [0.25, 0.3) is 5.91 Å². The Morgan fingerprint density at radius 2 is 1.96 bits per heavy atom. The van der Waals surface area contributed by atoms with Gasteiger partial charge in [0.15, 0.2) is 0 Å². The quantitative estimate of drug-likeness (QED) is 0.816. The maximum absolute atomic E-state index is 12.6. The van der Waals surface area contributed by atoms with Crippen molar-refractivity contribution in [3.8, 4) is 0 Å². The number of ether oxygens (including phenoxy) is 1. The molecule has 0 unspecified atom stereocenters. The summed E-state index contributed by atoms with van der Waals surface area (Å²) >= 11 is 0. The monoisotopic (exact) mass is 374 g/mol. The molecule has 2 saturated heterocycles. The number of furan rings is 1. The van der Waals surface area contributed by atoms with Gasteiger partial charge in [0, 0.05) is 26.2 Å². The van der Waals surface area contributed by atoms with E-state index in [2.05, 4.69) is 4.90 Å². The summed E-state index contributed by atoms with van der Waals surface area (Å²) in [5.41, 5.74) is 0.301. The molecule has 0 N–H and O–H groups in total. The molecule has 1 saturated carbocycles. The van der Waals surface area contributed by atoms with E-state index in [0.717, 1.165) is 19.4 Å². The molecule has 27 heavy (non-hydrogen) atoms. The van der Waals surface area contributed by atoms with Gasteiger partial charge in [0.05, 0.1) is 30.5 Å². The van der Waals surface area contributed by atoms with Gasteiger partial charge in [-0.05, 0) is 37.7 Å². The van der Waals surface area contributed by atoms with Crippen LogP contribution in [0, 0.1) is 5.92 Å². The Morgan fingerprint density at radius 1 is 1.19 bits per heavy atom. The standard InChI is InChI=1S/C21H30N2O4/c24-19-7-13-27-21(16-23(19)14-17-4-2-1-3-5-17)8-10-22(11-9-21)20(25)18-6-12-26-15-18/h6,12,15,17H,1-5,7-11,13-14,16H2. The first-order valence-corrected chi connectivity index (χ1v) is 10.4. The van der Waals surface area contributed by atoms with E-state index >= 15 is 0 Å². The van der Waals surface area contributed by atoms with E-state index in [4.69, 9.17) is 9.15 Å². The van der Waals surface area contributed by atoms with Gasteiger partial charge in [-0.2, -0.15) is 0 Å². The first kappa shape index (κ1) is 18.5. The van der Waals surface area contributed by atoms with Crippen molar-refractivity contribution in [1.29, 1.82) is 0 Å². The van der Waals surface area contributed by atoms with Gasteiger partial charge in [-0.15, -0.1) is 0 Å². The second-order valence-corrected chi connectivity index (χ2v) is 8.36. The highest BCUT2D eigenvalue weighted by Gasteiger charge is 2.41. The van der Waals surface area contributed by atoms with Gasteiger partial charge in [0.1, 0.15) is 6.26 Å². The SMILES string of the molecule is O=C1CCOC2(CCN(C(=O)c3ccoc3)CC2)CN1CC1CCCCC1. The molecule has 4 rings (SSSR count). The molecular formula is C21H30N2O4. The highest BCUT2D eigenvalue weighted by Crippen LogP contribution is 2.32. The molecule has 2 aliphatic heterocycles. The molecule has 0 radical (unpaired) electrons. The highest BCUT2D eigenvalue weighted by atomic mass is 16.5. The molecule has 6 nitrogen and oxygen atoms in total. The summed E-state index contributed by atoms with van der Waals surface area (Å²) in [6.45, 7) is 3.37. The zero-order chi connectivity index (χ0) is 18.7. The Kier molecular flexibility index (Phi) is 5.53. The Hall–Kier alpha value is -1.82. The molecule has 0 aromatic carbocycles. The summed E-state index contributed by atoms with van der Waals surface area (Å²) in [5, 5.41) is 0. The minimum absolute atomic E-state index is 0.0161. The first-order chi connectivity index (χ1) is 13.2. The van der Waals surface area contributed by atoms with Gasteiger partial charge in [0.2, 0.25) is 5.91 Å². The molecule has 2 amide bonds. The van der Waals surface area contributed by atoms with Crippen LogP contribution in [0.25, 0.3) is 0 Å². The molecule has 3 aliphatic rings. The molecule has 148 valence electrons. The Labute approximate surface area is 160 Å². The molecule has 1 aliphatic carbocycles. The average Bonchev–Trinajstić information content (AvgIpc) is 3.18. The van der Waals surface area contributed by atoms with Gasteiger partial charge in [-0.3, -0.25) is 9.59 Å². The zero-order valence-electron chi connectivity index (χ0n) is 16.0. The summed E-state index contributed by atoms with van der Waals surface area (Å²) in [6, 6.07) is 1.71. The summed E-state index contributed by atoms with van der Waals surface area (Å²) < 4.78 is 11.3. The molecule has 0 bridgehead atoms. The van der Waals surface area contributed by atoms with E-state index < -0.39 is 0 Å². The van der Waals surface area contributed by atoms with E-state index in [9.17, 15) is 9.59 Å². The Morgan fingerprint density at radius 3 is 2.67 bits per heavy atom. The number of likely N-dealkylation sites (tertiary alicyclic amines) is 1. The van der Waals surface area contributed by atoms with Crippen LogP contribution in [0.3, 0.4) is 0 Å². The first-order valence-electron chi connectivity index (χ1n) is 10.4. The third-order valence-electron chi connectivity index (χ3n) is 6.49. The smallest absolute Gasteiger partial charge is 0.257 e. The second kappa shape index (κ2) is 8.05. The van der Waals surface area contributed by atoms with Gasteiger partial charge in [-0.25, -0.2) is 0 Å². The lowest BCUT2D eigenvalue weighted by molar-refractivity contribution is -0.132. The van der Waals surface area contributed by atoms with Crippen molar-refractivity contribution in [2.24, 2.45) is 5.92 Å². The minimum Gasteiger partial charge on any atom is -0.472 e. The number of hydrogen-bond donors (Lipinski definition) is 0. The van der Waals surface area contributed by atoms with Crippen molar-refractivity contribution in [2.45, 2.75) is 57.0 Å². The molecule has 3 fully saturated rings. The Balaban J connectivity index is 1.38. The number of amides is 2. The highest BCUT2D eigenvalue weighted by molar-refractivity contribution is 5.93. The third-order valence-corrected chi connectivity index (χ3v) is 6.49. The van der Waals surface area contributed by atoms with Crippen LogP contribution >= 0.6 is 0 Å². The van der Waals surface area contributed by atoms with Crippen molar-refractivity contribution in [1.82, 2.24) is 9.80 Å². The Bertz CT molecular complexity index is 643. The fourth-order valence-electron chi connectivity index (χ4n) is 4.83. The fraction of sp³-hybridized carbons (Fsp3) is 0.714. The van der Waals surface area contributed by atoms with E-state index in [-0.39, 0.29) is 17.4 Å². The van der Waals surface area contributed by atoms with Crippen molar-refractivity contribution in [3.63, 3.8) is 0 Å². The number of hydrogen-bond acceptors (Lipinski definition) is 4. The molecule has 6 heteroatoms. The predicted molar refractivity (Wildman–Crippen MR) is 100 cm³/mol. The number of piperidine rings is 1. The average molecular weight is 374 g/mol. The molecule has 3 heterocycles. The maximum atomic E-state index is 12.6. The largest absolute Gasteiger partial charge is 0.472 e. The second-order valence-electron chi connectivity index (χ2n) is 8.36. The van der Waals surface area contributed by atoms with E-state index in [1.165, 1.54) is 44.6 Å².